The summed E-state index contributed by atoms with van der Waals surface area (Å²) in [6.07, 6.45) is -0.486. The number of hydrogen-bond acceptors (Lipinski definition) is 4. The van der Waals surface area contributed by atoms with Gasteiger partial charge in [0.2, 0.25) is 0 Å². The lowest BCUT2D eigenvalue weighted by Crippen LogP contribution is -2.32. The molecule has 28 heavy (non-hydrogen) atoms. The van der Waals surface area contributed by atoms with E-state index in [-0.39, 0.29) is 12.0 Å². The fraction of sp³-hybridized carbons (Fsp3) is 0.364. The Morgan fingerprint density at radius 1 is 1.04 bits per heavy atom. The largest absolute Gasteiger partial charge is 0.449 e. The Morgan fingerprint density at radius 2 is 1.68 bits per heavy atom. The van der Waals surface area contributed by atoms with Gasteiger partial charge in [-0.25, -0.2) is 9.59 Å². The number of amides is 1. The first kappa shape index (κ1) is 21.8. The molecule has 0 aliphatic rings. The summed E-state index contributed by atoms with van der Waals surface area (Å²) in [5, 5.41) is 0.534. The van der Waals surface area contributed by atoms with E-state index in [9.17, 15) is 9.59 Å². The lowest BCUT2D eigenvalue weighted by molar-refractivity contribution is 0.0734. The summed E-state index contributed by atoms with van der Waals surface area (Å²) in [4.78, 5) is 26.5. The van der Waals surface area contributed by atoms with E-state index in [1.54, 1.807) is 37.3 Å². The highest BCUT2D eigenvalue weighted by molar-refractivity contribution is 6.30. The number of rotatable bonds is 5. The molecule has 0 fully saturated rings. The Balaban J connectivity index is 2.45. The molecule has 0 aliphatic heterocycles. The van der Waals surface area contributed by atoms with Gasteiger partial charge in [-0.2, -0.15) is 0 Å². The number of carbonyl (C=O) groups excluding carboxylic acids is 2. The molecule has 0 N–H and O–H groups in total. The van der Waals surface area contributed by atoms with Crippen LogP contribution in [0.25, 0.3) is 0 Å². The lowest BCUT2D eigenvalue weighted by Gasteiger charge is -2.26. The third-order valence-corrected chi connectivity index (χ3v) is 4.45. The van der Waals surface area contributed by atoms with Crippen LogP contribution in [0.5, 0.6) is 5.75 Å². The quantitative estimate of drug-likeness (QED) is 0.464. The number of hydrogen-bond donors (Lipinski definition) is 0. The predicted octanol–water partition coefficient (Wildman–Crippen LogP) is 5.84. The molecular formula is C22H26ClNO4. The molecule has 0 atom stereocenters. The minimum Gasteiger partial charge on any atom is -0.449 e. The van der Waals surface area contributed by atoms with Gasteiger partial charge in [-0.1, -0.05) is 38.4 Å². The normalized spacial score (nSPS) is 11.1. The van der Waals surface area contributed by atoms with Gasteiger partial charge in [0.1, 0.15) is 0 Å². The molecule has 5 nitrogen and oxygen atoms in total. The third-order valence-electron chi connectivity index (χ3n) is 4.20. The van der Waals surface area contributed by atoms with Crippen LogP contribution >= 0.6 is 11.6 Å². The van der Waals surface area contributed by atoms with Crippen LogP contribution in [0.4, 0.5) is 10.5 Å². The molecule has 2 rings (SSSR count). The summed E-state index contributed by atoms with van der Waals surface area (Å²) in [6.45, 7) is 10.4. The van der Waals surface area contributed by atoms with Crippen molar-refractivity contribution >= 4 is 29.4 Å². The Morgan fingerprint density at radius 3 is 2.21 bits per heavy atom. The zero-order valence-electron chi connectivity index (χ0n) is 16.9. The number of anilines is 1. The van der Waals surface area contributed by atoms with E-state index >= 15 is 0 Å². The molecule has 0 unspecified atom stereocenters. The van der Waals surface area contributed by atoms with Crippen LogP contribution in [0, 0.1) is 0 Å². The highest BCUT2D eigenvalue weighted by atomic mass is 35.5. The van der Waals surface area contributed by atoms with Crippen molar-refractivity contribution in [2.24, 2.45) is 0 Å². The van der Waals surface area contributed by atoms with Gasteiger partial charge in [-0.3, -0.25) is 4.90 Å². The highest BCUT2D eigenvalue weighted by Crippen LogP contribution is 2.35. The van der Waals surface area contributed by atoms with Crippen molar-refractivity contribution < 1.29 is 19.1 Å². The number of benzene rings is 2. The zero-order valence-corrected chi connectivity index (χ0v) is 17.7. The van der Waals surface area contributed by atoms with Crippen molar-refractivity contribution in [2.45, 2.75) is 40.0 Å². The topological polar surface area (TPSA) is 55.8 Å². The number of halogens is 1. The van der Waals surface area contributed by atoms with Crippen molar-refractivity contribution in [3.8, 4) is 5.75 Å². The van der Waals surface area contributed by atoms with Crippen molar-refractivity contribution in [3.63, 3.8) is 0 Å². The van der Waals surface area contributed by atoms with Gasteiger partial charge < -0.3 is 9.47 Å². The van der Waals surface area contributed by atoms with Crippen molar-refractivity contribution in [1.29, 1.82) is 0 Å². The first-order chi connectivity index (χ1) is 13.2. The zero-order chi connectivity index (χ0) is 20.9. The maximum Gasteiger partial charge on any atom is 0.414 e. The van der Waals surface area contributed by atoms with Gasteiger partial charge in [0.25, 0.3) is 0 Å². The standard InChI is InChI=1S/C22H26ClNO4/c1-6-24(21(26)27-7-2)18-14-16(22(3,4)5)10-13-19(18)28-20(25)15-8-11-17(23)12-9-15/h8-14H,6-7H2,1-5H3. The molecule has 0 spiro atoms. The van der Waals surface area contributed by atoms with Crippen LogP contribution in [0.2, 0.25) is 5.02 Å². The summed E-state index contributed by atoms with van der Waals surface area (Å²) in [5.41, 5.74) is 1.74. The molecule has 6 heteroatoms. The molecule has 0 heterocycles. The summed E-state index contributed by atoms with van der Waals surface area (Å²) in [6, 6.07) is 11.9. The van der Waals surface area contributed by atoms with Crippen LogP contribution in [-0.4, -0.2) is 25.2 Å². The second-order valence-electron chi connectivity index (χ2n) is 7.27. The van der Waals surface area contributed by atoms with Gasteiger partial charge in [0.15, 0.2) is 5.75 Å². The number of esters is 1. The SMILES string of the molecule is CCOC(=O)N(CC)c1cc(C(C)(C)C)ccc1OC(=O)c1ccc(Cl)cc1. The number of nitrogens with zero attached hydrogens (tertiary/aromatic N) is 1. The first-order valence-electron chi connectivity index (χ1n) is 9.24. The van der Waals surface area contributed by atoms with E-state index < -0.39 is 12.1 Å². The lowest BCUT2D eigenvalue weighted by atomic mass is 9.86. The van der Waals surface area contributed by atoms with Gasteiger partial charge in [-0.15, -0.1) is 0 Å². The molecule has 0 aliphatic carbocycles. The van der Waals surface area contributed by atoms with Gasteiger partial charge >= 0.3 is 12.1 Å². The predicted molar refractivity (Wildman–Crippen MR) is 112 cm³/mol. The Hall–Kier alpha value is -2.53. The molecular weight excluding hydrogens is 378 g/mol. The minimum atomic E-state index is -0.527. The van der Waals surface area contributed by atoms with E-state index in [0.717, 1.165) is 5.56 Å². The van der Waals surface area contributed by atoms with Crippen LogP contribution < -0.4 is 9.64 Å². The number of ether oxygens (including phenoxy) is 2. The van der Waals surface area contributed by atoms with E-state index in [2.05, 4.69) is 20.8 Å². The maximum atomic E-state index is 12.6. The average molecular weight is 404 g/mol. The molecule has 1 amide bonds. The van der Waals surface area contributed by atoms with Crippen molar-refractivity contribution in [1.82, 2.24) is 0 Å². The molecule has 150 valence electrons. The monoisotopic (exact) mass is 403 g/mol. The Labute approximate surface area is 171 Å². The molecule has 0 bridgehead atoms. The molecule has 0 saturated carbocycles. The fourth-order valence-corrected chi connectivity index (χ4v) is 2.75. The number of carbonyl (C=O) groups is 2. The van der Waals surface area contributed by atoms with Crippen molar-refractivity contribution in [3.05, 3.63) is 58.6 Å². The van der Waals surface area contributed by atoms with Gasteiger partial charge in [-0.05, 0) is 61.2 Å². The van der Waals surface area contributed by atoms with Crippen molar-refractivity contribution in [2.75, 3.05) is 18.1 Å². The Bertz CT molecular complexity index is 841. The summed E-state index contributed by atoms with van der Waals surface area (Å²) >= 11 is 5.88. The van der Waals surface area contributed by atoms with Crippen LogP contribution in [-0.2, 0) is 10.2 Å². The smallest absolute Gasteiger partial charge is 0.414 e. The molecule has 2 aromatic rings. The molecule has 0 saturated heterocycles. The second kappa shape index (κ2) is 9.11. The second-order valence-corrected chi connectivity index (χ2v) is 7.71. The summed E-state index contributed by atoms with van der Waals surface area (Å²) < 4.78 is 10.8. The van der Waals surface area contributed by atoms with Gasteiger partial charge in [0, 0.05) is 11.6 Å². The summed E-state index contributed by atoms with van der Waals surface area (Å²) in [5.74, 6) is -0.232. The summed E-state index contributed by atoms with van der Waals surface area (Å²) in [7, 11) is 0. The third kappa shape index (κ3) is 5.26. The Kier molecular flexibility index (Phi) is 7.08. The van der Waals surface area contributed by atoms with Crippen LogP contribution in [0.1, 0.15) is 50.5 Å². The fourth-order valence-electron chi connectivity index (χ4n) is 2.63. The highest BCUT2D eigenvalue weighted by Gasteiger charge is 2.24. The molecule has 0 radical (unpaired) electrons. The van der Waals surface area contributed by atoms with E-state index in [0.29, 0.717) is 28.6 Å². The average Bonchev–Trinajstić information content (AvgIpc) is 2.63. The van der Waals surface area contributed by atoms with E-state index in [1.165, 1.54) is 4.90 Å². The van der Waals surface area contributed by atoms with Crippen LogP contribution in [0.3, 0.4) is 0 Å². The maximum absolute atomic E-state index is 12.6. The van der Waals surface area contributed by atoms with E-state index in [1.807, 2.05) is 19.1 Å². The molecule has 2 aromatic carbocycles. The van der Waals surface area contributed by atoms with E-state index in [4.69, 9.17) is 21.1 Å². The van der Waals surface area contributed by atoms with Gasteiger partial charge in [0.05, 0.1) is 17.9 Å². The minimum absolute atomic E-state index is 0.137. The molecule has 0 aromatic heterocycles. The van der Waals surface area contributed by atoms with Crippen LogP contribution in [0.15, 0.2) is 42.5 Å². The first-order valence-corrected chi connectivity index (χ1v) is 9.61.